The van der Waals surface area contributed by atoms with Gasteiger partial charge in [0.25, 0.3) is 5.91 Å². The van der Waals surface area contributed by atoms with E-state index in [9.17, 15) is 14.4 Å². The Kier molecular flexibility index (Phi) is 7.69. The number of thioether (sulfide) groups is 1. The number of anilines is 1. The maximum absolute atomic E-state index is 12.6. The molecular formula is C19H20ClN3O3S. The third-order valence-corrected chi connectivity index (χ3v) is 4.76. The smallest absolute Gasteiger partial charge is 0.253 e. The van der Waals surface area contributed by atoms with Crippen molar-refractivity contribution in [3.8, 4) is 0 Å². The number of carbonyl (C=O) groups excluding carboxylic acids is 3. The average molecular weight is 406 g/mol. The standard InChI is InChI=1S/C19H20ClN3O3S/c1-27-11-10-16(23-18(25)14-4-2-3-5-15(14)20)19(26)22-13-8-6-12(7-9-13)17(21)24/h2-9,16H,10-11H2,1H3,(H2,21,24)(H,22,26)(H,23,25). The molecule has 8 heteroatoms. The molecule has 0 aliphatic rings. The molecule has 142 valence electrons. The minimum absolute atomic E-state index is 0.312. The monoisotopic (exact) mass is 405 g/mol. The van der Waals surface area contributed by atoms with Gasteiger partial charge in [-0.25, -0.2) is 0 Å². The van der Waals surface area contributed by atoms with Crippen LogP contribution in [-0.4, -0.2) is 35.8 Å². The second-order valence-corrected chi connectivity index (χ2v) is 7.11. The molecule has 0 saturated carbocycles. The van der Waals surface area contributed by atoms with Crippen LogP contribution in [-0.2, 0) is 4.79 Å². The van der Waals surface area contributed by atoms with Crippen LogP contribution in [0.1, 0.15) is 27.1 Å². The normalized spacial score (nSPS) is 11.5. The Morgan fingerprint density at radius 3 is 2.37 bits per heavy atom. The van der Waals surface area contributed by atoms with E-state index < -0.39 is 17.9 Å². The van der Waals surface area contributed by atoms with Gasteiger partial charge in [-0.15, -0.1) is 0 Å². The van der Waals surface area contributed by atoms with Gasteiger partial charge in [-0.2, -0.15) is 11.8 Å². The van der Waals surface area contributed by atoms with Crippen LogP contribution in [0.25, 0.3) is 0 Å². The van der Waals surface area contributed by atoms with E-state index in [1.54, 1.807) is 48.2 Å². The largest absolute Gasteiger partial charge is 0.366 e. The lowest BCUT2D eigenvalue weighted by Crippen LogP contribution is -2.44. The Hall–Kier alpha value is -2.51. The topological polar surface area (TPSA) is 101 Å². The van der Waals surface area contributed by atoms with Gasteiger partial charge in [0.15, 0.2) is 0 Å². The van der Waals surface area contributed by atoms with Gasteiger partial charge in [-0.1, -0.05) is 23.7 Å². The predicted molar refractivity (Wildman–Crippen MR) is 109 cm³/mol. The summed E-state index contributed by atoms with van der Waals surface area (Å²) in [4.78, 5) is 36.2. The van der Waals surface area contributed by atoms with Crippen LogP contribution < -0.4 is 16.4 Å². The highest BCUT2D eigenvalue weighted by atomic mass is 35.5. The zero-order valence-corrected chi connectivity index (χ0v) is 16.3. The molecule has 0 saturated heterocycles. The van der Waals surface area contributed by atoms with Crippen molar-refractivity contribution in [1.82, 2.24) is 5.32 Å². The molecule has 2 aromatic carbocycles. The van der Waals surface area contributed by atoms with Gasteiger partial charge in [0, 0.05) is 11.3 Å². The number of carbonyl (C=O) groups is 3. The van der Waals surface area contributed by atoms with Crippen molar-refractivity contribution >= 4 is 46.8 Å². The Morgan fingerprint density at radius 1 is 1.11 bits per heavy atom. The van der Waals surface area contributed by atoms with Gasteiger partial charge in [0.1, 0.15) is 6.04 Å². The van der Waals surface area contributed by atoms with Crippen molar-refractivity contribution in [2.75, 3.05) is 17.3 Å². The number of nitrogens with two attached hydrogens (primary N) is 1. The zero-order valence-electron chi connectivity index (χ0n) is 14.7. The first-order chi connectivity index (χ1) is 12.9. The summed E-state index contributed by atoms with van der Waals surface area (Å²) in [6.07, 6.45) is 2.38. The number of rotatable bonds is 8. The quantitative estimate of drug-likeness (QED) is 0.628. The first kappa shape index (κ1) is 20.8. The Morgan fingerprint density at radius 2 is 1.78 bits per heavy atom. The van der Waals surface area contributed by atoms with Crippen molar-refractivity contribution < 1.29 is 14.4 Å². The molecule has 1 unspecified atom stereocenters. The molecule has 0 aliphatic heterocycles. The van der Waals surface area contributed by atoms with E-state index in [-0.39, 0.29) is 5.91 Å². The van der Waals surface area contributed by atoms with E-state index in [1.807, 2.05) is 6.26 Å². The van der Waals surface area contributed by atoms with E-state index in [1.165, 1.54) is 12.1 Å². The molecule has 0 bridgehead atoms. The summed E-state index contributed by atoms with van der Waals surface area (Å²) in [6, 6.07) is 12.1. The summed E-state index contributed by atoms with van der Waals surface area (Å²) < 4.78 is 0. The van der Waals surface area contributed by atoms with Gasteiger partial charge in [0.2, 0.25) is 11.8 Å². The predicted octanol–water partition coefficient (Wildman–Crippen LogP) is 2.93. The molecule has 0 aliphatic carbocycles. The van der Waals surface area contributed by atoms with Crippen molar-refractivity contribution in [3.63, 3.8) is 0 Å². The summed E-state index contributed by atoms with van der Waals surface area (Å²) in [5.74, 6) is -0.610. The van der Waals surface area contributed by atoms with E-state index in [0.717, 1.165) is 0 Å². The molecule has 4 N–H and O–H groups in total. The van der Waals surface area contributed by atoms with Gasteiger partial charge < -0.3 is 16.4 Å². The molecule has 3 amide bonds. The minimum Gasteiger partial charge on any atom is -0.366 e. The second kappa shape index (κ2) is 9.99. The van der Waals surface area contributed by atoms with Crippen LogP contribution in [0, 0.1) is 0 Å². The first-order valence-corrected chi connectivity index (χ1v) is 9.94. The van der Waals surface area contributed by atoms with Crippen LogP contribution in [0.4, 0.5) is 5.69 Å². The van der Waals surface area contributed by atoms with Gasteiger partial charge in [-0.05, 0) is 54.8 Å². The Bertz CT molecular complexity index is 827. The fourth-order valence-electron chi connectivity index (χ4n) is 2.33. The molecule has 0 radical (unpaired) electrons. The lowest BCUT2D eigenvalue weighted by molar-refractivity contribution is -0.118. The minimum atomic E-state index is -0.725. The van der Waals surface area contributed by atoms with E-state index in [2.05, 4.69) is 10.6 Å². The summed E-state index contributed by atoms with van der Waals surface area (Å²) in [7, 11) is 0. The molecule has 0 spiro atoms. The number of benzene rings is 2. The van der Waals surface area contributed by atoms with Gasteiger partial charge in [0.05, 0.1) is 10.6 Å². The molecule has 6 nitrogen and oxygen atoms in total. The maximum Gasteiger partial charge on any atom is 0.253 e. The van der Waals surface area contributed by atoms with Gasteiger partial charge >= 0.3 is 0 Å². The molecule has 0 heterocycles. The number of nitrogens with one attached hydrogen (secondary N) is 2. The lowest BCUT2D eigenvalue weighted by Gasteiger charge is -2.18. The zero-order chi connectivity index (χ0) is 19.8. The van der Waals surface area contributed by atoms with Crippen LogP contribution in [0.3, 0.4) is 0 Å². The Balaban J connectivity index is 2.09. The summed E-state index contributed by atoms with van der Waals surface area (Å²) in [6.45, 7) is 0. The van der Waals surface area contributed by atoms with Crippen molar-refractivity contribution in [2.45, 2.75) is 12.5 Å². The highest BCUT2D eigenvalue weighted by Crippen LogP contribution is 2.16. The second-order valence-electron chi connectivity index (χ2n) is 5.72. The molecule has 27 heavy (non-hydrogen) atoms. The van der Waals surface area contributed by atoms with Crippen molar-refractivity contribution in [2.24, 2.45) is 5.73 Å². The Labute approximate surface area is 166 Å². The van der Waals surface area contributed by atoms with Crippen LogP contribution in [0.15, 0.2) is 48.5 Å². The first-order valence-electron chi connectivity index (χ1n) is 8.17. The third-order valence-electron chi connectivity index (χ3n) is 3.79. The molecule has 1 atom stereocenters. The van der Waals surface area contributed by atoms with E-state index in [4.69, 9.17) is 17.3 Å². The molecular weight excluding hydrogens is 386 g/mol. The summed E-state index contributed by atoms with van der Waals surface area (Å²) in [5, 5.41) is 5.80. The van der Waals surface area contributed by atoms with Crippen LogP contribution >= 0.6 is 23.4 Å². The number of hydrogen-bond acceptors (Lipinski definition) is 4. The summed E-state index contributed by atoms with van der Waals surface area (Å²) >= 11 is 7.63. The van der Waals surface area contributed by atoms with E-state index in [0.29, 0.717) is 34.0 Å². The SMILES string of the molecule is CSCCC(NC(=O)c1ccccc1Cl)C(=O)Nc1ccc(C(N)=O)cc1. The number of halogens is 1. The summed E-state index contributed by atoms with van der Waals surface area (Å²) in [5.41, 5.74) is 6.37. The molecule has 0 aromatic heterocycles. The fourth-order valence-corrected chi connectivity index (χ4v) is 3.03. The fraction of sp³-hybridized carbons (Fsp3) is 0.211. The van der Waals surface area contributed by atoms with Gasteiger partial charge in [-0.3, -0.25) is 14.4 Å². The number of primary amides is 1. The molecule has 2 rings (SSSR count). The number of hydrogen-bond donors (Lipinski definition) is 3. The highest BCUT2D eigenvalue weighted by Gasteiger charge is 2.22. The molecule has 0 fully saturated rings. The maximum atomic E-state index is 12.6. The van der Waals surface area contributed by atoms with Crippen molar-refractivity contribution in [3.05, 3.63) is 64.7 Å². The van der Waals surface area contributed by atoms with Crippen LogP contribution in [0.5, 0.6) is 0 Å². The molecule has 2 aromatic rings. The van der Waals surface area contributed by atoms with E-state index >= 15 is 0 Å². The van der Waals surface area contributed by atoms with Crippen LogP contribution in [0.2, 0.25) is 5.02 Å². The highest BCUT2D eigenvalue weighted by molar-refractivity contribution is 7.98. The number of amides is 3. The third kappa shape index (κ3) is 6.01. The lowest BCUT2D eigenvalue weighted by atomic mass is 10.1. The average Bonchev–Trinajstić information content (AvgIpc) is 2.65. The van der Waals surface area contributed by atoms with Crippen molar-refractivity contribution in [1.29, 1.82) is 0 Å².